The molecule has 180 valence electrons. The molecule has 4 rings (SSSR count). The minimum absolute atomic E-state index is 0.183. The summed E-state index contributed by atoms with van der Waals surface area (Å²) in [7, 11) is 1.46. The predicted molar refractivity (Wildman–Crippen MR) is 118 cm³/mol. The molecule has 2 fully saturated rings. The number of methoxy groups -OCH3 is 1. The molecule has 0 spiro atoms. The molecule has 0 saturated carbocycles. The Morgan fingerprint density at radius 1 is 1.09 bits per heavy atom. The molecule has 0 aliphatic carbocycles. The van der Waals surface area contributed by atoms with Crippen molar-refractivity contribution < 1.29 is 39.2 Å². The number of para-hydroxylation sites is 1. The number of rotatable bonds is 9. The van der Waals surface area contributed by atoms with Crippen LogP contribution in [0.4, 0.5) is 0 Å². The summed E-state index contributed by atoms with van der Waals surface area (Å²) in [5, 5.41) is 32.3. The molecular weight excluding hydrogens is 444 g/mol. The Labute approximate surface area is 195 Å². The van der Waals surface area contributed by atoms with E-state index >= 15 is 0 Å². The van der Waals surface area contributed by atoms with Gasteiger partial charge in [0.05, 0.1) is 38.7 Å². The average molecular weight is 470 g/mol. The largest absolute Gasteiger partial charge is 0.493 e. The molecule has 0 aromatic heterocycles. The van der Waals surface area contributed by atoms with Crippen LogP contribution in [0, 0.1) is 11.8 Å². The molecule has 0 radical (unpaired) electrons. The van der Waals surface area contributed by atoms with Gasteiger partial charge in [-0.2, -0.15) is 0 Å². The van der Waals surface area contributed by atoms with E-state index in [4.69, 9.17) is 9.47 Å². The highest BCUT2D eigenvalue weighted by molar-refractivity contribution is 6.09. The second kappa shape index (κ2) is 9.41. The Hall–Kier alpha value is -3.47. The lowest BCUT2D eigenvalue weighted by Gasteiger charge is -2.29. The number of aliphatic hydroxyl groups is 2. The minimum atomic E-state index is -2.08. The summed E-state index contributed by atoms with van der Waals surface area (Å²) in [4.78, 5) is 39.5. The molecule has 2 heterocycles. The van der Waals surface area contributed by atoms with Gasteiger partial charge in [-0.3, -0.25) is 24.6 Å². The third-order valence-electron chi connectivity index (χ3n) is 6.49. The van der Waals surface area contributed by atoms with Crippen molar-refractivity contribution in [3.63, 3.8) is 0 Å². The second-order valence-corrected chi connectivity index (χ2v) is 8.26. The summed E-state index contributed by atoms with van der Waals surface area (Å²) >= 11 is 0. The third kappa shape index (κ3) is 3.69. The van der Waals surface area contributed by atoms with Gasteiger partial charge < -0.3 is 24.8 Å². The van der Waals surface area contributed by atoms with Gasteiger partial charge in [-0.15, -0.1) is 0 Å². The summed E-state index contributed by atoms with van der Waals surface area (Å²) in [6, 6.07) is 13.4. The molecular formula is C24H26N2O8. The predicted octanol–water partition coefficient (Wildman–Crippen LogP) is 0.328. The maximum absolute atomic E-state index is 13.2. The van der Waals surface area contributed by atoms with Crippen LogP contribution in [0.25, 0.3) is 0 Å². The highest BCUT2D eigenvalue weighted by atomic mass is 16.5. The molecule has 2 aromatic rings. The number of hydrogen-bond acceptors (Lipinski definition) is 8. The summed E-state index contributed by atoms with van der Waals surface area (Å²) in [5.41, 5.74) is -0.770. The molecule has 10 nitrogen and oxygen atoms in total. The first-order valence-corrected chi connectivity index (χ1v) is 10.8. The van der Waals surface area contributed by atoms with Gasteiger partial charge in [0.25, 0.3) is 0 Å². The number of fused-ring (bicyclic) bond motifs is 1. The number of likely N-dealkylation sites (tertiary alicyclic amines) is 1. The van der Waals surface area contributed by atoms with E-state index < -0.39 is 54.4 Å². The zero-order chi connectivity index (χ0) is 24.5. The Morgan fingerprint density at radius 3 is 2.44 bits per heavy atom. The smallest absolute Gasteiger partial charge is 0.327 e. The number of carbonyl (C=O) groups excluding carboxylic acids is 2. The fourth-order valence-corrected chi connectivity index (χ4v) is 4.88. The lowest BCUT2D eigenvalue weighted by Crippen LogP contribution is -2.58. The molecule has 2 saturated heterocycles. The van der Waals surface area contributed by atoms with Crippen LogP contribution in [0.15, 0.2) is 48.5 Å². The first-order valence-electron chi connectivity index (χ1n) is 10.8. The zero-order valence-electron chi connectivity index (χ0n) is 18.5. The van der Waals surface area contributed by atoms with E-state index in [2.05, 4.69) is 5.32 Å². The molecule has 4 N–H and O–H groups in total. The van der Waals surface area contributed by atoms with Crippen molar-refractivity contribution in [3.05, 3.63) is 59.7 Å². The van der Waals surface area contributed by atoms with Gasteiger partial charge in [-0.1, -0.05) is 42.5 Å². The Kier molecular flexibility index (Phi) is 6.56. The molecule has 2 aliphatic heterocycles. The van der Waals surface area contributed by atoms with Gasteiger partial charge in [-0.25, -0.2) is 0 Å². The van der Waals surface area contributed by atoms with Crippen LogP contribution in [-0.4, -0.2) is 70.4 Å². The lowest BCUT2D eigenvalue weighted by molar-refractivity contribution is -0.153. The van der Waals surface area contributed by atoms with E-state index in [9.17, 15) is 29.7 Å². The van der Waals surface area contributed by atoms with Crippen LogP contribution in [0.3, 0.4) is 0 Å². The number of nitrogens with one attached hydrogen (secondary N) is 1. The first kappa shape index (κ1) is 23.7. The second-order valence-electron chi connectivity index (χ2n) is 8.26. The number of amides is 2. The lowest BCUT2D eigenvalue weighted by atomic mass is 9.79. The molecule has 4 unspecified atom stereocenters. The number of aliphatic carboxylic acids is 1. The number of carboxylic acid groups (broad SMARTS) is 1. The van der Waals surface area contributed by atoms with Crippen molar-refractivity contribution in [2.45, 2.75) is 18.2 Å². The summed E-state index contributed by atoms with van der Waals surface area (Å²) in [5.74, 6) is -4.62. The number of carboxylic acids is 1. The van der Waals surface area contributed by atoms with Crippen molar-refractivity contribution in [2.24, 2.45) is 11.8 Å². The van der Waals surface area contributed by atoms with E-state index in [0.29, 0.717) is 17.1 Å². The number of hydrogen-bond donors (Lipinski definition) is 4. The van der Waals surface area contributed by atoms with Gasteiger partial charge in [0.15, 0.2) is 17.0 Å². The van der Waals surface area contributed by atoms with Crippen LogP contribution in [0.2, 0.25) is 0 Å². The van der Waals surface area contributed by atoms with Crippen molar-refractivity contribution in [3.8, 4) is 11.5 Å². The normalized spacial score (nSPS) is 26.0. The van der Waals surface area contributed by atoms with Gasteiger partial charge >= 0.3 is 5.97 Å². The van der Waals surface area contributed by atoms with Gasteiger partial charge in [0.1, 0.15) is 6.61 Å². The highest BCUT2D eigenvalue weighted by Crippen LogP contribution is 2.51. The summed E-state index contributed by atoms with van der Waals surface area (Å²) < 4.78 is 11.5. The standard InChI is InChI=1S/C24H26N2O8/c1-33-16-9-5-8-15(20(16)34-12-14-6-3-2-4-7-14)19-17-18(24(13-28,25-19)23(31)32)22(30)26(10-11-27)21(17)29/h2-9,17-19,25,27-28H,10-13H2,1H3,(H,31,32). The van der Waals surface area contributed by atoms with E-state index in [1.807, 2.05) is 30.3 Å². The van der Waals surface area contributed by atoms with Gasteiger partial charge in [0.2, 0.25) is 11.8 Å². The maximum Gasteiger partial charge on any atom is 0.327 e. The molecule has 10 heteroatoms. The summed E-state index contributed by atoms with van der Waals surface area (Å²) in [6.07, 6.45) is 0. The van der Waals surface area contributed by atoms with Crippen LogP contribution in [0.5, 0.6) is 11.5 Å². The van der Waals surface area contributed by atoms with Crippen molar-refractivity contribution >= 4 is 17.8 Å². The number of nitrogens with zero attached hydrogens (tertiary/aromatic N) is 1. The molecule has 2 aromatic carbocycles. The fraction of sp³-hybridized carbons (Fsp3) is 0.375. The van der Waals surface area contributed by atoms with E-state index in [0.717, 1.165) is 10.5 Å². The van der Waals surface area contributed by atoms with E-state index in [1.165, 1.54) is 7.11 Å². The van der Waals surface area contributed by atoms with Crippen LogP contribution < -0.4 is 14.8 Å². The van der Waals surface area contributed by atoms with Crippen LogP contribution in [-0.2, 0) is 21.0 Å². The Morgan fingerprint density at radius 2 is 1.82 bits per heavy atom. The zero-order valence-corrected chi connectivity index (χ0v) is 18.5. The molecule has 0 bridgehead atoms. The van der Waals surface area contributed by atoms with Crippen LogP contribution in [0.1, 0.15) is 17.2 Å². The fourth-order valence-electron chi connectivity index (χ4n) is 4.88. The van der Waals surface area contributed by atoms with Crippen molar-refractivity contribution in [2.75, 3.05) is 26.9 Å². The maximum atomic E-state index is 13.2. The van der Waals surface area contributed by atoms with Crippen molar-refractivity contribution in [1.29, 1.82) is 0 Å². The average Bonchev–Trinajstić information content (AvgIpc) is 3.33. The number of aliphatic hydroxyl groups excluding tert-OH is 2. The van der Waals surface area contributed by atoms with Gasteiger partial charge in [0, 0.05) is 11.6 Å². The molecule has 2 aliphatic rings. The molecule has 2 amide bonds. The first-order chi connectivity index (χ1) is 16.4. The minimum Gasteiger partial charge on any atom is -0.493 e. The number of benzene rings is 2. The highest BCUT2D eigenvalue weighted by Gasteiger charge is 2.68. The Balaban J connectivity index is 1.79. The van der Waals surface area contributed by atoms with E-state index in [-0.39, 0.29) is 13.2 Å². The monoisotopic (exact) mass is 470 g/mol. The Bertz CT molecular complexity index is 1090. The number of carbonyl (C=O) groups is 3. The SMILES string of the molecule is COc1cccc(C2NC(CO)(C(=O)O)C3C(=O)N(CCO)C(=O)C23)c1OCc1ccccc1. The summed E-state index contributed by atoms with van der Waals surface area (Å²) in [6.45, 7) is -1.44. The third-order valence-corrected chi connectivity index (χ3v) is 6.49. The van der Waals surface area contributed by atoms with Crippen molar-refractivity contribution in [1.82, 2.24) is 10.2 Å². The number of imide groups is 1. The van der Waals surface area contributed by atoms with E-state index in [1.54, 1.807) is 18.2 Å². The quantitative estimate of drug-likeness (QED) is 0.381. The van der Waals surface area contributed by atoms with Crippen LogP contribution >= 0.6 is 0 Å². The van der Waals surface area contributed by atoms with Gasteiger partial charge in [-0.05, 0) is 11.6 Å². The topological polar surface area (TPSA) is 146 Å². The number of β-amino-alcohol motifs (C(OH)–C–C–N with tert-alkyl or cyclic N) is 1. The molecule has 4 atom stereocenters. The number of ether oxygens (including phenoxy) is 2. The molecule has 34 heavy (non-hydrogen) atoms.